The average molecular weight is 147 g/mol. The molecule has 0 aromatic carbocycles. The number of rotatable bonds is 2. The minimum atomic E-state index is -1.44. The van der Waals surface area contributed by atoms with E-state index in [1.54, 1.807) is 0 Å². The molecule has 0 aliphatic heterocycles. The molecule has 3 heteroatoms. The maximum atomic E-state index is 11.5. The standard InChI is InChI=1S/C7H14FNO/c1-7(2,3)4-5-9-6(8)10/h4-5H2,1-3H3,(H,9,10). The van der Waals surface area contributed by atoms with Crippen LogP contribution in [0.3, 0.4) is 0 Å². The first-order chi connectivity index (χ1) is 4.42. The van der Waals surface area contributed by atoms with Crippen LogP contribution < -0.4 is 5.32 Å². The summed E-state index contributed by atoms with van der Waals surface area (Å²) in [6, 6.07) is 0. The molecule has 0 atom stereocenters. The minimum Gasteiger partial charge on any atom is -0.328 e. The first-order valence-corrected chi connectivity index (χ1v) is 3.35. The van der Waals surface area contributed by atoms with Gasteiger partial charge in [0, 0.05) is 6.54 Å². The van der Waals surface area contributed by atoms with Gasteiger partial charge in [0.05, 0.1) is 0 Å². The molecule has 0 saturated heterocycles. The molecule has 1 N–H and O–H groups in total. The lowest BCUT2D eigenvalue weighted by atomic mass is 9.92. The lowest BCUT2D eigenvalue weighted by molar-refractivity contribution is 0.219. The van der Waals surface area contributed by atoms with E-state index in [4.69, 9.17) is 0 Å². The fourth-order valence-electron chi connectivity index (χ4n) is 0.536. The van der Waals surface area contributed by atoms with Crippen molar-refractivity contribution in [1.82, 2.24) is 5.32 Å². The highest BCUT2D eigenvalue weighted by Crippen LogP contribution is 2.16. The van der Waals surface area contributed by atoms with Crippen molar-refractivity contribution in [3.63, 3.8) is 0 Å². The van der Waals surface area contributed by atoms with Crippen LogP contribution in [-0.4, -0.2) is 12.7 Å². The molecule has 0 fully saturated rings. The molecule has 0 unspecified atom stereocenters. The van der Waals surface area contributed by atoms with Crippen LogP contribution in [-0.2, 0) is 0 Å². The molecule has 0 heterocycles. The Hall–Kier alpha value is -0.600. The van der Waals surface area contributed by atoms with Crippen molar-refractivity contribution in [2.75, 3.05) is 6.54 Å². The maximum Gasteiger partial charge on any atom is 0.397 e. The monoisotopic (exact) mass is 147 g/mol. The third-order valence-corrected chi connectivity index (χ3v) is 1.14. The van der Waals surface area contributed by atoms with E-state index in [0.29, 0.717) is 6.54 Å². The molecule has 0 aromatic rings. The second kappa shape index (κ2) is 3.54. The highest BCUT2D eigenvalue weighted by atomic mass is 19.1. The van der Waals surface area contributed by atoms with E-state index >= 15 is 0 Å². The Morgan fingerprint density at radius 3 is 2.30 bits per heavy atom. The van der Waals surface area contributed by atoms with Crippen molar-refractivity contribution in [2.45, 2.75) is 27.2 Å². The number of carbonyl (C=O) groups is 1. The minimum absolute atomic E-state index is 0.155. The van der Waals surface area contributed by atoms with Crippen molar-refractivity contribution in [3.8, 4) is 0 Å². The summed E-state index contributed by atoms with van der Waals surface area (Å²) in [4.78, 5) is 9.75. The van der Waals surface area contributed by atoms with Gasteiger partial charge < -0.3 is 5.32 Å². The summed E-state index contributed by atoms with van der Waals surface area (Å²) in [5.41, 5.74) is 0.155. The van der Waals surface area contributed by atoms with Crippen LogP contribution in [0.25, 0.3) is 0 Å². The Bertz CT molecular complexity index is 117. The predicted octanol–water partition coefficient (Wildman–Crippen LogP) is 2.10. The van der Waals surface area contributed by atoms with Crippen molar-refractivity contribution in [1.29, 1.82) is 0 Å². The van der Waals surface area contributed by atoms with Gasteiger partial charge in [0.15, 0.2) is 0 Å². The van der Waals surface area contributed by atoms with Crippen molar-refractivity contribution < 1.29 is 9.18 Å². The van der Waals surface area contributed by atoms with Crippen LogP contribution in [0.1, 0.15) is 27.2 Å². The first-order valence-electron chi connectivity index (χ1n) is 3.35. The van der Waals surface area contributed by atoms with E-state index < -0.39 is 6.16 Å². The Labute approximate surface area is 60.8 Å². The van der Waals surface area contributed by atoms with Gasteiger partial charge in [-0.1, -0.05) is 20.8 Å². The number of hydrogen-bond donors (Lipinski definition) is 1. The molecular formula is C7H14FNO. The zero-order chi connectivity index (χ0) is 8.20. The number of amides is 1. The SMILES string of the molecule is CC(C)(C)CCNC(=O)F. The van der Waals surface area contributed by atoms with Gasteiger partial charge in [0.25, 0.3) is 0 Å². The summed E-state index contributed by atoms with van der Waals surface area (Å²) in [6.07, 6.45) is -0.646. The van der Waals surface area contributed by atoms with Crippen LogP contribution in [0.2, 0.25) is 0 Å². The zero-order valence-corrected chi connectivity index (χ0v) is 6.70. The molecule has 0 aromatic heterocycles. The smallest absolute Gasteiger partial charge is 0.328 e. The van der Waals surface area contributed by atoms with E-state index in [1.165, 1.54) is 0 Å². The molecule has 0 rings (SSSR count). The number of nitrogens with one attached hydrogen (secondary N) is 1. The molecular weight excluding hydrogens is 133 g/mol. The summed E-state index contributed by atoms with van der Waals surface area (Å²) in [5, 5.41) is 2.10. The van der Waals surface area contributed by atoms with Crippen molar-refractivity contribution >= 4 is 6.16 Å². The van der Waals surface area contributed by atoms with Gasteiger partial charge in [-0.25, -0.2) is 4.79 Å². The topological polar surface area (TPSA) is 29.1 Å². The van der Waals surface area contributed by atoms with Crippen LogP contribution in [0.4, 0.5) is 9.18 Å². The molecule has 0 spiro atoms. The first kappa shape index (κ1) is 9.40. The van der Waals surface area contributed by atoms with Gasteiger partial charge in [-0.05, 0) is 11.8 Å². The van der Waals surface area contributed by atoms with Gasteiger partial charge in [-0.2, -0.15) is 0 Å². The fraction of sp³-hybridized carbons (Fsp3) is 0.857. The summed E-state index contributed by atoms with van der Waals surface area (Å²) < 4.78 is 11.5. The summed E-state index contributed by atoms with van der Waals surface area (Å²) >= 11 is 0. The number of halogens is 1. The zero-order valence-electron chi connectivity index (χ0n) is 6.70. The van der Waals surface area contributed by atoms with E-state index in [-0.39, 0.29) is 5.41 Å². The Morgan fingerprint density at radius 2 is 2.00 bits per heavy atom. The molecule has 1 amide bonds. The number of hydrogen-bond acceptors (Lipinski definition) is 1. The molecule has 0 saturated carbocycles. The van der Waals surface area contributed by atoms with E-state index in [1.807, 2.05) is 20.8 Å². The lowest BCUT2D eigenvalue weighted by Crippen LogP contribution is -2.22. The molecule has 0 aliphatic rings. The Morgan fingerprint density at radius 1 is 1.50 bits per heavy atom. The van der Waals surface area contributed by atoms with Crippen LogP contribution in [0.5, 0.6) is 0 Å². The van der Waals surface area contributed by atoms with E-state index in [9.17, 15) is 9.18 Å². The van der Waals surface area contributed by atoms with Gasteiger partial charge >= 0.3 is 6.16 Å². The lowest BCUT2D eigenvalue weighted by Gasteiger charge is -2.16. The highest BCUT2D eigenvalue weighted by molar-refractivity contribution is 5.65. The van der Waals surface area contributed by atoms with Gasteiger partial charge in [0.1, 0.15) is 0 Å². The van der Waals surface area contributed by atoms with Crippen LogP contribution in [0, 0.1) is 5.41 Å². The summed E-state index contributed by atoms with van der Waals surface area (Å²) in [5.74, 6) is 0. The van der Waals surface area contributed by atoms with E-state index in [2.05, 4.69) is 5.32 Å². The van der Waals surface area contributed by atoms with Gasteiger partial charge in [-0.15, -0.1) is 4.39 Å². The van der Waals surface area contributed by atoms with Gasteiger partial charge in [0.2, 0.25) is 0 Å². The molecule has 2 nitrogen and oxygen atoms in total. The molecule has 0 radical (unpaired) electrons. The second-order valence-electron chi connectivity index (χ2n) is 3.51. The second-order valence-corrected chi connectivity index (χ2v) is 3.51. The molecule has 0 aliphatic carbocycles. The van der Waals surface area contributed by atoms with Crippen LogP contribution >= 0.6 is 0 Å². The Balaban J connectivity index is 3.29. The maximum absolute atomic E-state index is 11.5. The highest BCUT2D eigenvalue weighted by Gasteiger charge is 2.09. The summed E-state index contributed by atoms with van der Waals surface area (Å²) in [6.45, 7) is 6.53. The van der Waals surface area contributed by atoms with Crippen molar-refractivity contribution in [3.05, 3.63) is 0 Å². The molecule has 10 heavy (non-hydrogen) atoms. The number of carbonyl (C=O) groups excluding carboxylic acids is 1. The Kier molecular flexibility index (Phi) is 3.33. The van der Waals surface area contributed by atoms with Gasteiger partial charge in [-0.3, -0.25) is 0 Å². The quantitative estimate of drug-likeness (QED) is 0.470. The third kappa shape index (κ3) is 7.40. The normalized spacial score (nSPS) is 11.2. The summed E-state index contributed by atoms with van der Waals surface area (Å²) in [7, 11) is 0. The van der Waals surface area contributed by atoms with E-state index in [0.717, 1.165) is 6.42 Å². The molecule has 60 valence electrons. The largest absolute Gasteiger partial charge is 0.397 e. The van der Waals surface area contributed by atoms with Crippen molar-refractivity contribution in [2.24, 2.45) is 5.41 Å². The average Bonchev–Trinajstić information content (AvgIpc) is 1.59. The molecule has 0 bridgehead atoms. The predicted molar refractivity (Wildman–Crippen MR) is 38.6 cm³/mol. The van der Waals surface area contributed by atoms with Crippen LogP contribution in [0.15, 0.2) is 0 Å². The third-order valence-electron chi connectivity index (χ3n) is 1.14. The fourth-order valence-corrected chi connectivity index (χ4v) is 0.536.